The first-order valence-corrected chi connectivity index (χ1v) is 4.95. The van der Waals surface area contributed by atoms with Crippen LogP contribution in [0.3, 0.4) is 0 Å². The Labute approximate surface area is 85.5 Å². The summed E-state index contributed by atoms with van der Waals surface area (Å²) in [5.41, 5.74) is 0.852. The first-order valence-electron chi connectivity index (χ1n) is 3.78. The maximum Gasteiger partial charge on any atom is 0.0798 e. The SMILES string of the molecule is CCC(O)c1cc(Cl)ccc1Br. The van der Waals surface area contributed by atoms with E-state index in [4.69, 9.17) is 11.6 Å². The monoisotopic (exact) mass is 248 g/mol. The van der Waals surface area contributed by atoms with Gasteiger partial charge in [-0.2, -0.15) is 0 Å². The van der Waals surface area contributed by atoms with Crippen LogP contribution in [0.5, 0.6) is 0 Å². The number of hydrogen-bond acceptors (Lipinski definition) is 1. The molecule has 0 aliphatic carbocycles. The van der Waals surface area contributed by atoms with Crippen LogP contribution < -0.4 is 0 Å². The smallest absolute Gasteiger partial charge is 0.0798 e. The summed E-state index contributed by atoms with van der Waals surface area (Å²) in [4.78, 5) is 0. The molecule has 66 valence electrons. The van der Waals surface area contributed by atoms with E-state index in [1.807, 2.05) is 13.0 Å². The predicted octanol–water partition coefficient (Wildman–Crippen LogP) is 3.55. The highest BCUT2D eigenvalue weighted by Crippen LogP contribution is 2.27. The Balaban J connectivity index is 3.04. The molecule has 0 saturated heterocycles. The molecule has 1 rings (SSSR count). The van der Waals surface area contributed by atoms with E-state index in [-0.39, 0.29) is 0 Å². The Hall–Kier alpha value is -0.0500. The van der Waals surface area contributed by atoms with Crippen LogP contribution in [-0.4, -0.2) is 5.11 Å². The van der Waals surface area contributed by atoms with Crippen molar-refractivity contribution in [3.8, 4) is 0 Å². The molecule has 1 aromatic rings. The van der Waals surface area contributed by atoms with Crippen molar-refractivity contribution in [1.82, 2.24) is 0 Å². The van der Waals surface area contributed by atoms with Crippen LogP contribution >= 0.6 is 27.5 Å². The highest BCUT2D eigenvalue weighted by atomic mass is 79.9. The van der Waals surface area contributed by atoms with Crippen molar-refractivity contribution in [2.45, 2.75) is 19.4 Å². The fourth-order valence-corrected chi connectivity index (χ4v) is 1.68. The maximum atomic E-state index is 9.55. The molecule has 0 saturated carbocycles. The number of benzene rings is 1. The standard InChI is InChI=1S/C9H10BrClO/c1-2-9(12)7-5-6(11)3-4-8(7)10/h3-5,9,12H,2H2,1H3. The zero-order valence-corrected chi connectivity index (χ0v) is 9.06. The van der Waals surface area contributed by atoms with Crippen LogP contribution in [0.1, 0.15) is 25.0 Å². The molecule has 0 aromatic heterocycles. The Bertz CT molecular complexity index is 275. The van der Waals surface area contributed by atoms with E-state index in [0.717, 1.165) is 10.0 Å². The molecule has 0 radical (unpaired) electrons. The number of aliphatic hydroxyl groups is 1. The first kappa shape index (κ1) is 10.0. The molecule has 3 heteroatoms. The van der Waals surface area contributed by atoms with Gasteiger partial charge in [-0.15, -0.1) is 0 Å². The molecule has 0 heterocycles. The summed E-state index contributed by atoms with van der Waals surface area (Å²) in [6.45, 7) is 1.93. The second-order valence-corrected chi connectivity index (χ2v) is 3.88. The van der Waals surface area contributed by atoms with Gasteiger partial charge in [0.05, 0.1) is 6.10 Å². The lowest BCUT2D eigenvalue weighted by molar-refractivity contribution is 0.173. The van der Waals surface area contributed by atoms with Gasteiger partial charge in [-0.25, -0.2) is 0 Å². The van der Waals surface area contributed by atoms with Gasteiger partial charge in [0.1, 0.15) is 0 Å². The topological polar surface area (TPSA) is 20.2 Å². The van der Waals surface area contributed by atoms with Crippen molar-refractivity contribution in [1.29, 1.82) is 0 Å². The fraction of sp³-hybridized carbons (Fsp3) is 0.333. The summed E-state index contributed by atoms with van der Waals surface area (Å²) in [7, 11) is 0. The van der Waals surface area contributed by atoms with E-state index >= 15 is 0 Å². The van der Waals surface area contributed by atoms with Crippen LogP contribution in [0.4, 0.5) is 0 Å². The first-order chi connectivity index (χ1) is 5.65. The van der Waals surface area contributed by atoms with Crippen molar-refractivity contribution < 1.29 is 5.11 Å². The number of aliphatic hydroxyl groups excluding tert-OH is 1. The van der Waals surface area contributed by atoms with Gasteiger partial charge in [-0.3, -0.25) is 0 Å². The average molecular weight is 250 g/mol. The Morgan fingerprint density at radius 3 is 2.83 bits per heavy atom. The van der Waals surface area contributed by atoms with E-state index in [2.05, 4.69) is 15.9 Å². The fourth-order valence-electron chi connectivity index (χ4n) is 0.990. The van der Waals surface area contributed by atoms with Crippen molar-refractivity contribution in [2.24, 2.45) is 0 Å². The summed E-state index contributed by atoms with van der Waals surface area (Å²) in [6.07, 6.45) is 0.261. The molecule has 1 aromatic carbocycles. The van der Waals surface area contributed by atoms with Gasteiger partial charge < -0.3 is 5.11 Å². The van der Waals surface area contributed by atoms with Gasteiger partial charge in [-0.1, -0.05) is 34.5 Å². The summed E-state index contributed by atoms with van der Waals surface area (Å²) in [6, 6.07) is 5.41. The van der Waals surface area contributed by atoms with Gasteiger partial charge in [0.15, 0.2) is 0 Å². The Morgan fingerprint density at radius 2 is 2.25 bits per heavy atom. The third kappa shape index (κ3) is 2.22. The Kier molecular flexibility index (Phi) is 3.56. The van der Waals surface area contributed by atoms with Crippen molar-refractivity contribution in [3.63, 3.8) is 0 Å². The molecule has 0 amide bonds. The number of rotatable bonds is 2. The molecule has 0 fully saturated rings. The van der Waals surface area contributed by atoms with Crippen LogP contribution in [0.15, 0.2) is 22.7 Å². The van der Waals surface area contributed by atoms with Gasteiger partial charge in [0.2, 0.25) is 0 Å². The largest absolute Gasteiger partial charge is 0.388 e. The summed E-state index contributed by atoms with van der Waals surface area (Å²) >= 11 is 9.14. The van der Waals surface area contributed by atoms with Crippen molar-refractivity contribution in [3.05, 3.63) is 33.3 Å². The van der Waals surface area contributed by atoms with Gasteiger partial charge in [-0.05, 0) is 30.2 Å². The maximum absolute atomic E-state index is 9.55. The molecule has 0 aliphatic heterocycles. The lowest BCUT2D eigenvalue weighted by Crippen LogP contribution is -1.95. The van der Waals surface area contributed by atoms with Gasteiger partial charge in [0, 0.05) is 9.50 Å². The highest BCUT2D eigenvalue weighted by molar-refractivity contribution is 9.10. The van der Waals surface area contributed by atoms with Gasteiger partial charge >= 0.3 is 0 Å². The molecule has 1 atom stereocenters. The van der Waals surface area contributed by atoms with Crippen molar-refractivity contribution in [2.75, 3.05) is 0 Å². The highest BCUT2D eigenvalue weighted by Gasteiger charge is 2.08. The quantitative estimate of drug-likeness (QED) is 0.850. The second-order valence-electron chi connectivity index (χ2n) is 2.59. The molecular formula is C9H10BrClO. The van der Waals surface area contributed by atoms with Crippen LogP contribution in [0.2, 0.25) is 5.02 Å². The molecule has 0 bridgehead atoms. The molecule has 1 unspecified atom stereocenters. The summed E-state index contributed by atoms with van der Waals surface area (Å²) in [5, 5.41) is 10.2. The zero-order valence-electron chi connectivity index (χ0n) is 6.72. The average Bonchev–Trinajstić information content (AvgIpc) is 2.08. The molecule has 12 heavy (non-hydrogen) atoms. The third-order valence-corrected chi connectivity index (χ3v) is 2.66. The lowest BCUT2D eigenvalue weighted by atomic mass is 10.1. The lowest BCUT2D eigenvalue weighted by Gasteiger charge is -2.10. The number of halogens is 2. The van der Waals surface area contributed by atoms with E-state index in [9.17, 15) is 5.11 Å². The normalized spacial score (nSPS) is 13.0. The molecule has 1 nitrogen and oxygen atoms in total. The second kappa shape index (κ2) is 4.26. The number of hydrogen-bond donors (Lipinski definition) is 1. The van der Waals surface area contributed by atoms with E-state index < -0.39 is 6.10 Å². The molecule has 0 aliphatic rings. The van der Waals surface area contributed by atoms with E-state index in [1.54, 1.807) is 12.1 Å². The van der Waals surface area contributed by atoms with Crippen LogP contribution in [-0.2, 0) is 0 Å². The minimum atomic E-state index is -0.432. The van der Waals surface area contributed by atoms with Crippen LogP contribution in [0, 0.1) is 0 Å². The summed E-state index contributed by atoms with van der Waals surface area (Å²) < 4.78 is 0.904. The minimum absolute atomic E-state index is 0.432. The molecular weight excluding hydrogens is 239 g/mol. The van der Waals surface area contributed by atoms with E-state index in [1.165, 1.54) is 0 Å². The Morgan fingerprint density at radius 1 is 1.58 bits per heavy atom. The predicted molar refractivity (Wildman–Crippen MR) is 54.4 cm³/mol. The minimum Gasteiger partial charge on any atom is -0.388 e. The van der Waals surface area contributed by atoms with E-state index in [0.29, 0.717) is 11.4 Å². The van der Waals surface area contributed by atoms with Crippen molar-refractivity contribution >= 4 is 27.5 Å². The zero-order chi connectivity index (χ0) is 9.14. The third-order valence-electron chi connectivity index (χ3n) is 1.70. The van der Waals surface area contributed by atoms with Crippen LogP contribution in [0.25, 0.3) is 0 Å². The molecule has 1 N–H and O–H groups in total. The summed E-state index contributed by atoms with van der Waals surface area (Å²) in [5.74, 6) is 0. The van der Waals surface area contributed by atoms with Gasteiger partial charge in [0.25, 0.3) is 0 Å². The molecule has 0 spiro atoms.